The monoisotopic (exact) mass is 330 g/mol. The van der Waals surface area contributed by atoms with E-state index in [1.54, 1.807) is 28.9 Å². The Morgan fingerprint density at radius 3 is 2.88 bits per heavy atom. The number of anilines is 1. The van der Waals surface area contributed by atoms with Gasteiger partial charge in [-0.05, 0) is 19.9 Å². The highest BCUT2D eigenvalue weighted by Crippen LogP contribution is 2.29. The molecule has 8 nitrogen and oxygen atoms in total. The van der Waals surface area contributed by atoms with Crippen LogP contribution in [-0.2, 0) is 17.4 Å². The van der Waals surface area contributed by atoms with Gasteiger partial charge in [-0.15, -0.1) is 0 Å². The van der Waals surface area contributed by atoms with Crippen molar-refractivity contribution in [2.75, 3.05) is 32.1 Å². The maximum absolute atomic E-state index is 12.9. The van der Waals surface area contributed by atoms with Crippen molar-refractivity contribution in [2.24, 2.45) is 7.05 Å². The maximum atomic E-state index is 12.9. The first-order valence-corrected chi connectivity index (χ1v) is 7.87. The molecule has 1 saturated heterocycles. The summed E-state index contributed by atoms with van der Waals surface area (Å²) >= 11 is 0. The van der Waals surface area contributed by atoms with Crippen LogP contribution in [0.2, 0.25) is 0 Å². The minimum Gasteiger partial charge on any atom is -0.367 e. The predicted molar refractivity (Wildman–Crippen MR) is 88.7 cm³/mol. The van der Waals surface area contributed by atoms with Crippen molar-refractivity contribution < 1.29 is 9.53 Å². The number of aryl methyl sites for hydroxylation is 2. The quantitative estimate of drug-likeness (QED) is 0.902. The molecule has 0 spiro atoms. The van der Waals surface area contributed by atoms with Gasteiger partial charge in [-0.2, -0.15) is 5.10 Å². The van der Waals surface area contributed by atoms with Gasteiger partial charge in [0.25, 0.3) is 5.91 Å². The molecule has 0 aliphatic carbocycles. The van der Waals surface area contributed by atoms with Gasteiger partial charge in [0.05, 0.1) is 19.3 Å². The van der Waals surface area contributed by atoms with Gasteiger partial charge in [-0.25, -0.2) is 9.97 Å². The normalized spacial score (nSPS) is 20.9. The second-order valence-corrected chi connectivity index (χ2v) is 6.18. The second kappa shape index (κ2) is 6.20. The summed E-state index contributed by atoms with van der Waals surface area (Å²) in [5, 5.41) is 7.09. The van der Waals surface area contributed by atoms with Crippen molar-refractivity contribution in [3.8, 4) is 0 Å². The van der Waals surface area contributed by atoms with Crippen molar-refractivity contribution in [3.63, 3.8) is 0 Å². The van der Waals surface area contributed by atoms with E-state index in [2.05, 4.69) is 20.4 Å². The Bertz CT molecular complexity index is 759. The van der Waals surface area contributed by atoms with Crippen LogP contribution >= 0.6 is 0 Å². The molecule has 0 bridgehead atoms. The van der Waals surface area contributed by atoms with Crippen LogP contribution < -0.4 is 5.32 Å². The van der Waals surface area contributed by atoms with Crippen LogP contribution in [0.4, 0.5) is 5.95 Å². The molecule has 0 aromatic carbocycles. The fourth-order valence-electron chi connectivity index (χ4n) is 2.86. The van der Waals surface area contributed by atoms with E-state index in [4.69, 9.17) is 4.74 Å². The molecule has 24 heavy (non-hydrogen) atoms. The molecule has 1 atom stereocenters. The minimum absolute atomic E-state index is 0.115. The maximum Gasteiger partial charge on any atom is 0.272 e. The van der Waals surface area contributed by atoms with Crippen LogP contribution in [0.15, 0.2) is 18.5 Å². The molecular weight excluding hydrogens is 308 g/mol. The van der Waals surface area contributed by atoms with Crippen LogP contribution in [-0.4, -0.2) is 57.3 Å². The third kappa shape index (κ3) is 3.09. The van der Waals surface area contributed by atoms with Crippen LogP contribution in [0.5, 0.6) is 0 Å². The van der Waals surface area contributed by atoms with Crippen molar-refractivity contribution in [1.82, 2.24) is 24.6 Å². The summed E-state index contributed by atoms with van der Waals surface area (Å²) in [6.07, 6.45) is 3.70. The first kappa shape index (κ1) is 16.4. The number of amides is 1. The lowest BCUT2D eigenvalue weighted by atomic mass is 9.97. The number of nitrogens with one attached hydrogen (secondary N) is 1. The third-order valence-electron chi connectivity index (χ3n) is 4.17. The van der Waals surface area contributed by atoms with Crippen molar-refractivity contribution in [2.45, 2.75) is 19.4 Å². The number of nitrogens with zero attached hydrogens (tertiary/aromatic N) is 5. The number of aromatic nitrogens is 4. The second-order valence-electron chi connectivity index (χ2n) is 6.18. The van der Waals surface area contributed by atoms with Gasteiger partial charge >= 0.3 is 0 Å². The van der Waals surface area contributed by atoms with Crippen LogP contribution in [0.1, 0.15) is 28.7 Å². The number of hydrogen-bond donors (Lipinski definition) is 1. The Kier molecular flexibility index (Phi) is 4.23. The molecule has 8 heteroatoms. The smallest absolute Gasteiger partial charge is 0.272 e. The Hall–Kier alpha value is -2.48. The molecule has 1 fully saturated rings. The molecular formula is C16H22N6O2. The van der Waals surface area contributed by atoms with E-state index >= 15 is 0 Å². The molecule has 2 aromatic heterocycles. The summed E-state index contributed by atoms with van der Waals surface area (Å²) in [5.74, 6) is 0.331. The van der Waals surface area contributed by atoms with Gasteiger partial charge in [-0.1, -0.05) is 0 Å². The Morgan fingerprint density at radius 2 is 2.21 bits per heavy atom. The summed E-state index contributed by atoms with van der Waals surface area (Å²) in [6, 6.07) is 1.71. The van der Waals surface area contributed by atoms with E-state index in [9.17, 15) is 4.79 Å². The number of hydrogen-bond acceptors (Lipinski definition) is 6. The highest BCUT2D eigenvalue weighted by molar-refractivity contribution is 5.92. The number of carbonyl (C=O) groups excluding carboxylic acids is 1. The zero-order valence-corrected chi connectivity index (χ0v) is 14.4. The van der Waals surface area contributed by atoms with Crippen molar-refractivity contribution >= 4 is 11.9 Å². The first-order chi connectivity index (χ1) is 11.4. The molecule has 1 N–H and O–H groups in total. The summed E-state index contributed by atoms with van der Waals surface area (Å²) < 4.78 is 7.69. The van der Waals surface area contributed by atoms with Gasteiger partial charge in [-0.3, -0.25) is 9.48 Å². The van der Waals surface area contributed by atoms with E-state index in [1.807, 2.05) is 27.1 Å². The van der Waals surface area contributed by atoms with Crippen molar-refractivity contribution in [3.05, 3.63) is 35.4 Å². The number of rotatable bonds is 3. The zero-order chi connectivity index (χ0) is 17.3. The molecule has 0 saturated carbocycles. The fourth-order valence-corrected chi connectivity index (χ4v) is 2.86. The SMILES string of the molecule is CNc1nc(C)cc(C(=O)N2CCOC(C)(c3cnn(C)c3)C2)n1. The Morgan fingerprint density at radius 1 is 1.42 bits per heavy atom. The highest BCUT2D eigenvalue weighted by atomic mass is 16.5. The molecule has 128 valence electrons. The average molecular weight is 330 g/mol. The largest absolute Gasteiger partial charge is 0.367 e. The molecule has 0 radical (unpaired) electrons. The minimum atomic E-state index is -0.573. The third-order valence-corrected chi connectivity index (χ3v) is 4.17. The van der Waals surface area contributed by atoms with Gasteiger partial charge < -0.3 is 15.0 Å². The van der Waals surface area contributed by atoms with Crippen LogP contribution in [0.25, 0.3) is 0 Å². The fraction of sp³-hybridized carbons (Fsp3) is 0.500. The summed E-state index contributed by atoms with van der Waals surface area (Å²) in [6.45, 7) is 5.29. The lowest BCUT2D eigenvalue weighted by Crippen LogP contribution is -2.50. The zero-order valence-electron chi connectivity index (χ0n) is 14.4. The lowest BCUT2D eigenvalue weighted by molar-refractivity contribution is -0.0932. The van der Waals surface area contributed by atoms with Gasteiger partial charge in [0.1, 0.15) is 11.3 Å². The average Bonchev–Trinajstić information content (AvgIpc) is 3.01. The summed E-state index contributed by atoms with van der Waals surface area (Å²) in [5.41, 5.74) is 1.52. The van der Waals surface area contributed by atoms with E-state index < -0.39 is 5.60 Å². The number of carbonyl (C=O) groups is 1. The van der Waals surface area contributed by atoms with Crippen LogP contribution in [0.3, 0.4) is 0 Å². The first-order valence-electron chi connectivity index (χ1n) is 7.87. The molecule has 3 heterocycles. The number of ether oxygens (including phenoxy) is 1. The molecule has 1 aliphatic heterocycles. The molecule has 1 unspecified atom stereocenters. The Balaban J connectivity index is 1.84. The van der Waals surface area contributed by atoms with Gasteiger partial charge in [0.15, 0.2) is 0 Å². The molecule has 1 amide bonds. The Labute approximate surface area is 140 Å². The van der Waals surface area contributed by atoms with Gasteiger partial charge in [0, 0.05) is 38.1 Å². The number of morpholine rings is 1. The van der Waals surface area contributed by atoms with E-state index in [-0.39, 0.29) is 5.91 Å². The summed E-state index contributed by atoms with van der Waals surface area (Å²) in [7, 11) is 3.60. The molecule has 3 rings (SSSR count). The topological polar surface area (TPSA) is 85.2 Å². The van der Waals surface area contributed by atoms with E-state index in [1.165, 1.54) is 0 Å². The van der Waals surface area contributed by atoms with E-state index in [0.717, 1.165) is 11.3 Å². The molecule has 2 aromatic rings. The van der Waals surface area contributed by atoms with Gasteiger partial charge in [0.2, 0.25) is 5.95 Å². The standard InChI is InChI=1S/C16H22N6O2/c1-11-7-13(20-15(17-3)19-11)14(23)22-5-6-24-16(2,10-22)12-8-18-21(4)9-12/h7-9H,5-6,10H2,1-4H3,(H,17,19,20). The lowest BCUT2D eigenvalue weighted by Gasteiger charge is -2.39. The highest BCUT2D eigenvalue weighted by Gasteiger charge is 2.37. The van der Waals surface area contributed by atoms with E-state index in [0.29, 0.717) is 31.3 Å². The molecule has 1 aliphatic rings. The predicted octanol–water partition coefficient (Wildman–Crippen LogP) is 0.948. The van der Waals surface area contributed by atoms with Crippen LogP contribution in [0, 0.1) is 6.92 Å². The van der Waals surface area contributed by atoms with Crippen molar-refractivity contribution in [1.29, 1.82) is 0 Å². The summed E-state index contributed by atoms with van der Waals surface area (Å²) in [4.78, 5) is 23.2.